The van der Waals surface area contributed by atoms with Gasteiger partial charge in [-0.15, -0.1) is 0 Å². The van der Waals surface area contributed by atoms with E-state index in [2.05, 4.69) is 15.6 Å². The summed E-state index contributed by atoms with van der Waals surface area (Å²) >= 11 is 0. The summed E-state index contributed by atoms with van der Waals surface area (Å²) in [5.41, 5.74) is 0.603. The Bertz CT molecular complexity index is 1610. The number of benzene rings is 2. The zero-order valence-corrected chi connectivity index (χ0v) is 24.6. The van der Waals surface area contributed by atoms with E-state index in [-0.39, 0.29) is 22.9 Å². The van der Waals surface area contributed by atoms with E-state index in [4.69, 9.17) is 14.3 Å². The molecule has 3 aromatic rings. The molecule has 13 nitrogen and oxygen atoms in total. The number of aryl methyl sites for hydroxylation is 1. The van der Waals surface area contributed by atoms with Crippen LogP contribution in [0.4, 0.5) is 18.0 Å². The van der Waals surface area contributed by atoms with E-state index in [1.165, 1.54) is 31.0 Å². The lowest BCUT2D eigenvalue weighted by molar-refractivity contribution is -0.175. The molecular weight excluding hydrogens is 609 g/mol. The molecule has 0 spiro atoms. The summed E-state index contributed by atoms with van der Waals surface area (Å²) in [5, 5.41) is 12.6. The van der Waals surface area contributed by atoms with Crippen LogP contribution in [0.25, 0.3) is 16.9 Å². The van der Waals surface area contributed by atoms with Gasteiger partial charge in [-0.3, -0.25) is 9.80 Å². The number of halogens is 3. The minimum absolute atomic E-state index is 0.153. The number of carbonyl (C=O) groups excluding carboxylic acids is 2. The van der Waals surface area contributed by atoms with Gasteiger partial charge in [0.05, 0.1) is 22.3 Å². The molecule has 2 atom stereocenters. The molecule has 1 aliphatic rings. The van der Waals surface area contributed by atoms with Crippen LogP contribution in [0.15, 0.2) is 70.0 Å². The lowest BCUT2D eigenvalue weighted by atomic mass is 10.1. The fraction of sp³-hybridized carbons (Fsp3) is 0.370. The van der Waals surface area contributed by atoms with Gasteiger partial charge in [0.25, 0.3) is 16.3 Å². The highest BCUT2D eigenvalue weighted by atomic mass is 32.2. The van der Waals surface area contributed by atoms with E-state index in [0.717, 1.165) is 28.4 Å². The minimum Gasteiger partial charge on any atom is -0.447 e. The first-order valence-electron chi connectivity index (χ1n) is 13.3. The van der Waals surface area contributed by atoms with Crippen LogP contribution in [0, 0.1) is 6.92 Å². The summed E-state index contributed by atoms with van der Waals surface area (Å²) < 4.78 is 78.8. The first-order chi connectivity index (χ1) is 20.7. The molecule has 1 fully saturated rings. The van der Waals surface area contributed by atoms with Crippen molar-refractivity contribution in [2.75, 3.05) is 13.2 Å². The highest BCUT2D eigenvalue weighted by molar-refractivity contribution is 7.90. The molecule has 1 amide bonds. The van der Waals surface area contributed by atoms with Crippen LogP contribution in [0.5, 0.6) is 0 Å². The van der Waals surface area contributed by atoms with E-state index < -0.39 is 46.3 Å². The average Bonchev–Trinajstić information content (AvgIpc) is 3.59. The van der Waals surface area contributed by atoms with Crippen LogP contribution in [0.2, 0.25) is 0 Å². The van der Waals surface area contributed by atoms with E-state index in [0.29, 0.717) is 24.9 Å². The second-order valence-corrected chi connectivity index (χ2v) is 11.5. The number of esters is 1. The molecule has 1 N–H and O–H groups in total. The summed E-state index contributed by atoms with van der Waals surface area (Å²) in [6.45, 7) is 4.77. The maximum absolute atomic E-state index is 13.5. The number of nitrogens with one attached hydrogen (secondary N) is 1. The molecule has 0 saturated carbocycles. The van der Waals surface area contributed by atoms with Crippen molar-refractivity contribution in [2.24, 2.45) is 10.5 Å². The zero-order chi connectivity index (χ0) is 32.1. The minimum atomic E-state index is -4.70. The number of carbonyl (C=O) groups is 2. The Balaban J connectivity index is 1.40. The lowest BCUT2D eigenvalue weighted by Gasteiger charge is -2.19. The summed E-state index contributed by atoms with van der Waals surface area (Å²) in [6, 6.07) is 12.1. The Morgan fingerprint density at radius 3 is 2.45 bits per heavy atom. The largest absolute Gasteiger partial charge is 0.447 e. The van der Waals surface area contributed by atoms with Crippen molar-refractivity contribution in [3.63, 3.8) is 0 Å². The Morgan fingerprint density at radius 1 is 1.14 bits per heavy atom. The van der Waals surface area contributed by atoms with Gasteiger partial charge in [-0.25, -0.2) is 22.6 Å². The maximum Gasteiger partial charge on any atom is 0.435 e. The van der Waals surface area contributed by atoms with Crippen molar-refractivity contribution in [3.05, 3.63) is 65.9 Å². The van der Waals surface area contributed by atoms with Crippen LogP contribution < -0.4 is 4.72 Å². The van der Waals surface area contributed by atoms with E-state index in [9.17, 15) is 31.2 Å². The van der Waals surface area contributed by atoms with Crippen LogP contribution in [-0.4, -0.2) is 60.8 Å². The van der Waals surface area contributed by atoms with Gasteiger partial charge in [0.1, 0.15) is 6.61 Å². The third-order valence-electron chi connectivity index (χ3n) is 6.39. The van der Waals surface area contributed by atoms with Crippen molar-refractivity contribution >= 4 is 22.1 Å². The molecule has 4 rings (SSSR count). The van der Waals surface area contributed by atoms with Gasteiger partial charge < -0.3 is 14.3 Å². The van der Waals surface area contributed by atoms with Crippen LogP contribution in [0.1, 0.15) is 37.9 Å². The fourth-order valence-electron chi connectivity index (χ4n) is 4.28. The number of hydrogen-bond acceptors (Lipinski definition) is 10. The van der Waals surface area contributed by atoms with Crippen LogP contribution in [-0.2, 0) is 35.3 Å². The van der Waals surface area contributed by atoms with Crippen molar-refractivity contribution in [1.82, 2.24) is 19.5 Å². The van der Waals surface area contributed by atoms with Crippen LogP contribution >= 0.6 is 0 Å². The van der Waals surface area contributed by atoms with E-state index in [1.807, 2.05) is 11.6 Å². The van der Waals surface area contributed by atoms with Gasteiger partial charge in [-0.05, 0) is 55.3 Å². The third kappa shape index (κ3) is 8.24. The molecule has 1 aromatic heterocycles. The molecule has 17 heteroatoms. The van der Waals surface area contributed by atoms with Crippen molar-refractivity contribution in [3.8, 4) is 16.9 Å². The normalized spacial score (nSPS) is 16.1. The molecule has 1 unspecified atom stereocenters. The summed E-state index contributed by atoms with van der Waals surface area (Å²) in [4.78, 5) is 27.8. The molecule has 2 heterocycles. The summed E-state index contributed by atoms with van der Waals surface area (Å²) in [7, 11) is -4.39. The first-order valence-corrected chi connectivity index (χ1v) is 14.8. The standard InChI is InChI=1S/C27H29F3N6O7S/c1-17-6-8-20(9-7-17)24-15-25(27(28,29)30)31-36(24)21-10-12-23(13-11-21)44(39,40)32-26(38)41-16-22-5-4-14-35(22)33-34-43-19(3)42-18(2)37/h6-13,15,19,22H,4-5,14,16H2,1-3H3,(H,32,38)/b34-33-/t19?,22-/m0/s1. The number of rotatable bonds is 10. The SMILES string of the molecule is CC(=O)OC(C)O/N=N\N1CCC[C@H]1COC(=O)NS(=O)(=O)c1ccc(-n2nc(C(F)(F)F)cc2-c2ccc(C)cc2)cc1. The second-order valence-electron chi connectivity index (χ2n) is 9.80. The lowest BCUT2D eigenvalue weighted by Crippen LogP contribution is -2.35. The van der Waals surface area contributed by atoms with Gasteiger partial charge in [0.15, 0.2) is 5.69 Å². The first kappa shape index (κ1) is 32.2. The van der Waals surface area contributed by atoms with Crippen molar-refractivity contribution < 1.29 is 45.5 Å². The highest BCUT2D eigenvalue weighted by Gasteiger charge is 2.35. The van der Waals surface area contributed by atoms with Gasteiger partial charge >= 0.3 is 18.2 Å². The second kappa shape index (κ2) is 13.3. The topological polar surface area (TPSA) is 154 Å². The van der Waals surface area contributed by atoms with Crippen molar-refractivity contribution in [2.45, 2.75) is 57.0 Å². The van der Waals surface area contributed by atoms with E-state index in [1.54, 1.807) is 24.3 Å². The quantitative estimate of drug-likeness (QED) is 0.141. The average molecular weight is 639 g/mol. The number of amides is 1. The Labute approximate surface area is 250 Å². The number of nitrogens with zero attached hydrogens (tertiary/aromatic N) is 5. The summed E-state index contributed by atoms with van der Waals surface area (Å²) in [6.07, 6.45) is -5.61. The highest BCUT2D eigenvalue weighted by Crippen LogP contribution is 2.33. The molecule has 1 saturated heterocycles. The molecule has 0 radical (unpaired) electrons. The molecule has 0 bridgehead atoms. The summed E-state index contributed by atoms with van der Waals surface area (Å²) in [5.74, 6) is -0.554. The molecule has 236 valence electrons. The van der Waals surface area contributed by atoms with Gasteiger partial charge in [0.2, 0.25) is 0 Å². The number of sulfonamides is 1. The predicted molar refractivity (Wildman–Crippen MR) is 147 cm³/mol. The Hall–Kier alpha value is -4.67. The monoisotopic (exact) mass is 638 g/mol. The molecule has 2 aromatic carbocycles. The number of aromatic nitrogens is 2. The van der Waals surface area contributed by atoms with Gasteiger partial charge in [-0.2, -0.15) is 18.3 Å². The maximum atomic E-state index is 13.5. The zero-order valence-electron chi connectivity index (χ0n) is 23.8. The number of ether oxygens (including phenoxy) is 2. The number of hydrogen-bond donors (Lipinski definition) is 1. The Morgan fingerprint density at radius 2 is 1.82 bits per heavy atom. The van der Waals surface area contributed by atoms with Gasteiger partial charge in [-0.1, -0.05) is 29.8 Å². The molecule has 44 heavy (non-hydrogen) atoms. The Kier molecular flexibility index (Phi) is 9.76. The molecule has 1 aliphatic heterocycles. The molecular formula is C27H29F3N6O7S. The predicted octanol–water partition coefficient (Wildman–Crippen LogP) is 4.95. The van der Waals surface area contributed by atoms with E-state index >= 15 is 0 Å². The van der Waals surface area contributed by atoms with Crippen LogP contribution in [0.3, 0.4) is 0 Å². The smallest absolute Gasteiger partial charge is 0.435 e. The van der Waals surface area contributed by atoms with Crippen molar-refractivity contribution in [1.29, 1.82) is 0 Å². The fourth-order valence-corrected chi connectivity index (χ4v) is 5.17. The number of alkyl halides is 3. The molecule has 0 aliphatic carbocycles. The third-order valence-corrected chi connectivity index (χ3v) is 7.72. The van der Waals surface area contributed by atoms with Gasteiger partial charge in [0, 0.05) is 31.2 Å².